The second-order valence-electron chi connectivity index (χ2n) is 5.83. The molecule has 1 unspecified atom stereocenters. The summed E-state index contributed by atoms with van der Waals surface area (Å²) in [6, 6.07) is 0. The van der Waals surface area contributed by atoms with Crippen LogP contribution in [0.4, 0.5) is 0 Å². The van der Waals surface area contributed by atoms with Crippen molar-refractivity contribution in [3.8, 4) is 0 Å². The van der Waals surface area contributed by atoms with Crippen molar-refractivity contribution in [1.29, 1.82) is 0 Å². The molecule has 2 saturated heterocycles. The van der Waals surface area contributed by atoms with Gasteiger partial charge in [-0.15, -0.1) is 12.4 Å². The topological polar surface area (TPSA) is 24.5 Å². The third kappa shape index (κ3) is 3.59. The second kappa shape index (κ2) is 5.21. The molecule has 0 aromatic carbocycles. The minimum Gasteiger partial charge on any atom is -0.359 e. The molecule has 0 spiro atoms. The van der Waals surface area contributed by atoms with E-state index in [0.717, 1.165) is 13.0 Å². The van der Waals surface area contributed by atoms with E-state index < -0.39 is 0 Å². The lowest BCUT2D eigenvalue weighted by atomic mass is 10.1. The molecule has 4 heteroatoms. The molecule has 2 fully saturated rings. The van der Waals surface area contributed by atoms with Crippen molar-refractivity contribution < 1.29 is 4.74 Å². The molecular weight excluding hydrogens is 224 g/mol. The second-order valence-corrected chi connectivity index (χ2v) is 5.83. The van der Waals surface area contributed by atoms with Gasteiger partial charge in [0.15, 0.2) is 0 Å². The fraction of sp³-hybridized carbons (Fsp3) is 1.00. The predicted octanol–water partition coefficient (Wildman–Crippen LogP) is 2.01. The first kappa shape index (κ1) is 14.2. The zero-order chi connectivity index (χ0) is 10.9. The van der Waals surface area contributed by atoms with Crippen molar-refractivity contribution >= 4 is 12.4 Å². The van der Waals surface area contributed by atoms with Crippen molar-refractivity contribution in [1.82, 2.24) is 10.2 Å². The molecule has 0 aromatic heterocycles. The van der Waals surface area contributed by atoms with Crippen LogP contribution in [0.5, 0.6) is 0 Å². The van der Waals surface area contributed by atoms with Crippen LogP contribution in [0.1, 0.15) is 40.0 Å². The zero-order valence-corrected chi connectivity index (χ0v) is 11.5. The van der Waals surface area contributed by atoms with Gasteiger partial charge >= 0.3 is 0 Å². The quantitative estimate of drug-likeness (QED) is 0.827. The van der Waals surface area contributed by atoms with Crippen molar-refractivity contribution in [2.45, 2.75) is 51.3 Å². The highest BCUT2D eigenvalue weighted by molar-refractivity contribution is 5.85. The van der Waals surface area contributed by atoms with Crippen LogP contribution in [-0.4, -0.2) is 42.4 Å². The minimum absolute atomic E-state index is 0. The van der Waals surface area contributed by atoms with E-state index in [4.69, 9.17) is 4.74 Å². The highest BCUT2D eigenvalue weighted by atomic mass is 35.5. The Hall–Kier alpha value is 0.170. The average molecular weight is 249 g/mol. The van der Waals surface area contributed by atoms with E-state index in [1.807, 2.05) is 0 Å². The Morgan fingerprint density at radius 3 is 2.31 bits per heavy atom. The largest absolute Gasteiger partial charge is 0.359 e. The molecule has 1 atom stereocenters. The van der Waals surface area contributed by atoms with Gasteiger partial charge in [0, 0.05) is 18.5 Å². The highest BCUT2D eigenvalue weighted by Gasteiger charge is 2.39. The van der Waals surface area contributed by atoms with Gasteiger partial charge in [-0.05, 0) is 46.7 Å². The van der Waals surface area contributed by atoms with Crippen molar-refractivity contribution in [2.24, 2.45) is 0 Å². The van der Waals surface area contributed by atoms with E-state index in [1.54, 1.807) is 0 Å². The Labute approximate surface area is 105 Å². The average Bonchev–Trinajstić information content (AvgIpc) is 2.71. The number of nitrogens with one attached hydrogen (secondary N) is 1. The normalized spacial score (nSPS) is 33.9. The molecule has 0 aromatic rings. The number of rotatable bonds is 3. The van der Waals surface area contributed by atoms with Crippen LogP contribution in [0.2, 0.25) is 0 Å². The summed E-state index contributed by atoms with van der Waals surface area (Å²) >= 11 is 0. The Bertz CT molecular complexity index is 229. The third-order valence-electron chi connectivity index (χ3n) is 3.46. The maximum atomic E-state index is 5.88. The van der Waals surface area contributed by atoms with Crippen molar-refractivity contribution in [3.05, 3.63) is 0 Å². The van der Waals surface area contributed by atoms with Crippen LogP contribution in [0.3, 0.4) is 0 Å². The molecule has 0 bridgehead atoms. The van der Waals surface area contributed by atoms with Gasteiger partial charge in [-0.2, -0.15) is 0 Å². The molecule has 2 aliphatic rings. The van der Waals surface area contributed by atoms with E-state index in [0.29, 0.717) is 0 Å². The van der Waals surface area contributed by atoms with Gasteiger partial charge in [-0.25, -0.2) is 0 Å². The number of nitrogens with zero attached hydrogens (tertiary/aromatic N) is 1. The molecule has 2 rings (SSSR count). The smallest absolute Gasteiger partial charge is 0.118 e. The predicted molar refractivity (Wildman–Crippen MR) is 69.1 cm³/mol. The minimum atomic E-state index is -0.105. The van der Waals surface area contributed by atoms with E-state index in [9.17, 15) is 0 Å². The Morgan fingerprint density at radius 1 is 1.19 bits per heavy atom. The Morgan fingerprint density at radius 2 is 1.81 bits per heavy atom. The summed E-state index contributed by atoms with van der Waals surface area (Å²) in [6.45, 7) is 11.1. The Kier molecular flexibility index (Phi) is 4.64. The number of likely N-dealkylation sites (tertiary alicyclic amines) is 1. The number of ether oxygens (including phenoxy) is 1. The van der Waals surface area contributed by atoms with Crippen molar-refractivity contribution in [3.63, 3.8) is 0 Å². The van der Waals surface area contributed by atoms with Gasteiger partial charge in [-0.1, -0.05) is 0 Å². The van der Waals surface area contributed by atoms with Crippen LogP contribution in [-0.2, 0) is 4.74 Å². The lowest BCUT2D eigenvalue weighted by Crippen LogP contribution is -2.47. The molecule has 16 heavy (non-hydrogen) atoms. The number of hydrogen-bond acceptors (Lipinski definition) is 3. The van der Waals surface area contributed by atoms with Crippen LogP contribution in [0, 0.1) is 0 Å². The molecule has 0 amide bonds. The van der Waals surface area contributed by atoms with Gasteiger partial charge in [0.2, 0.25) is 0 Å². The van der Waals surface area contributed by atoms with Crippen LogP contribution in [0.25, 0.3) is 0 Å². The fourth-order valence-electron chi connectivity index (χ4n) is 2.64. The van der Waals surface area contributed by atoms with Gasteiger partial charge in [0.05, 0.1) is 6.61 Å². The standard InChI is InChI=1S/C12H24N2O.ClH/c1-11(2)10-15-12(3,13-11)6-9-14-7-4-5-8-14;/h13H,4-10H2,1-3H3;1H. The summed E-state index contributed by atoms with van der Waals surface area (Å²) < 4.78 is 5.88. The summed E-state index contributed by atoms with van der Waals surface area (Å²) in [7, 11) is 0. The fourth-order valence-corrected chi connectivity index (χ4v) is 2.64. The summed E-state index contributed by atoms with van der Waals surface area (Å²) in [5.41, 5.74) is 0.0336. The molecule has 2 heterocycles. The molecule has 3 nitrogen and oxygen atoms in total. The first-order valence-corrected chi connectivity index (χ1v) is 6.15. The van der Waals surface area contributed by atoms with Gasteiger partial charge in [0.1, 0.15) is 5.72 Å². The lowest BCUT2D eigenvalue weighted by molar-refractivity contribution is -0.00660. The molecule has 2 aliphatic heterocycles. The monoisotopic (exact) mass is 248 g/mol. The maximum Gasteiger partial charge on any atom is 0.118 e. The van der Waals surface area contributed by atoms with Gasteiger partial charge in [0.25, 0.3) is 0 Å². The van der Waals surface area contributed by atoms with Crippen molar-refractivity contribution in [2.75, 3.05) is 26.2 Å². The van der Waals surface area contributed by atoms with E-state index in [-0.39, 0.29) is 23.7 Å². The van der Waals surface area contributed by atoms with Crippen LogP contribution < -0.4 is 5.32 Å². The summed E-state index contributed by atoms with van der Waals surface area (Å²) in [4.78, 5) is 2.54. The summed E-state index contributed by atoms with van der Waals surface area (Å²) in [5.74, 6) is 0. The summed E-state index contributed by atoms with van der Waals surface area (Å²) in [6.07, 6.45) is 3.84. The lowest BCUT2D eigenvalue weighted by Gasteiger charge is -2.28. The van der Waals surface area contributed by atoms with E-state index in [1.165, 1.54) is 32.5 Å². The third-order valence-corrected chi connectivity index (χ3v) is 3.46. The van der Waals surface area contributed by atoms with Crippen LogP contribution in [0.15, 0.2) is 0 Å². The first-order chi connectivity index (χ1) is 6.99. The molecule has 0 radical (unpaired) electrons. The number of halogens is 1. The Balaban J connectivity index is 0.00000128. The molecule has 1 N–H and O–H groups in total. The number of hydrogen-bond donors (Lipinski definition) is 1. The summed E-state index contributed by atoms with van der Waals surface area (Å²) in [5, 5.41) is 3.58. The zero-order valence-electron chi connectivity index (χ0n) is 10.7. The van der Waals surface area contributed by atoms with Gasteiger partial charge < -0.3 is 9.64 Å². The SMILES string of the molecule is CC1(C)COC(C)(CCN2CCCC2)N1.Cl. The first-order valence-electron chi connectivity index (χ1n) is 6.15. The molecular formula is C12H25ClN2O. The van der Waals surface area contributed by atoms with E-state index in [2.05, 4.69) is 31.0 Å². The maximum absolute atomic E-state index is 5.88. The molecule has 0 saturated carbocycles. The van der Waals surface area contributed by atoms with E-state index >= 15 is 0 Å². The van der Waals surface area contributed by atoms with Gasteiger partial charge in [-0.3, -0.25) is 5.32 Å². The highest BCUT2D eigenvalue weighted by Crippen LogP contribution is 2.26. The van der Waals surface area contributed by atoms with Crippen LogP contribution >= 0.6 is 12.4 Å². The molecule has 0 aliphatic carbocycles. The molecule has 96 valence electrons.